The van der Waals surface area contributed by atoms with Crippen LogP contribution in [0.25, 0.3) is 0 Å². The van der Waals surface area contributed by atoms with Crippen molar-refractivity contribution in [1.29, 1.82) is 0 Å². The van der Waals surface area contributed by atoms with Gasteiger partial charge in [-0.25, -0.2) is 0 Å². The van der Waals surface area contributed by atoms with Gasteiger partial charge < -0.3 is 45.1 Å². The van der Waals surface area contributed by atoms with E-state index in [0.717, 1.165) is 83.5 Å². The van der Waals surface area contributed by atoms with E-state index >= 15 is 0 Å². The molecule has 0 saturated carbocycles. The van der Waals surface area contributed by atoms with Gasteiger partial charge in [-0.1, -0.05) is 247 Å². The van der Waals surface area contributed by atoms with Crippen LogP contribution in [0.3, 0.4) is 0 Å². The second-order valence-corrected chi connectivity index (χ2v) is 21.4. The Bertz CT molecular complexity index is 1430. The Kier molecular flexibility index (Phi) is 50.1. The minimum absolute atomic E-state index is 0.0460. The molecular weight excluding hydrogens is 943 g/mol. The molecule has 7 atom stereocenters. The predicted molar refractivity (Wildman–Crippen MR) is 310 cm³/mol. The zero-order valence-electron chi connectivity index (χ0n) is 48.0. The molecule has 1 aliphatic heterocycles. The summed E-state index contributed by atoms with van der Waals surface area (Å²) in [5, 5.41) is 54.1. The lowest BCUT2D eigenvalue weighted by atomic mass is 9.99. The third-order valence-corrected chi connectivity index (χ3v) is 14.4. The highest BCUT2D eigenvalue weighted by Gasteiger charge is 2.44. The molecule has 1 amide bonds. The molecule has 436 valence electrons. The van der Waals surface area contributed by atoms with E-state index in [1.165, 1.54) is 161 Å². The number of nitrogens with one attached hydrogen (secondary N) is 1. The Hall–Kier alpha value is -2.64. The molecule has 6 N–H and O–H groups in total. The van der Waals surface area contributed by atoms with Crippen LogP contribution >= 0.6 is 0 Å². The number of hydrogen-bond donors (Lipinski definition) is 6. The molecule has 0 aliphatic carbocycles. The van der Waals surface area contributed by atoms with Crippen molar-refractivity contribution in [3.05, 3.63) is 60.8 Å². The van der Waals surface area contributed by atoms with Gasteiger partial charge in [-0.3, -0.25) is 9.59 Å². The summed E-state index contributed by atoms with van der Waals surface area (Å²) in [6, 6.07) is -0.838. The number of allylic oxidation sites excluding steroid dienone is 8. The van der Waals surface area contributed by atoms with Gasteiger partial charge in [-0.2, -0.15) is 0 Å². The minimum Gasteiger partial charge on any atom is -0.465 e. The number of hydrogen-bond acceptors (Lipinski definition) is 10. The van der Waals surface area contributed by atoms with Crippen molar-refractivity contribution in [1.82, 2.24) is 5.32 Å². The maximum absolute atomic E-state index is 13.0. The fourth-order valence-corrected chi connectivity index (χ4v) is 9.55. The maximum Gasteiger partial charge on any atom is 0.305 e. The van der Waals surface area contributed by atoms with Crippen LogP contribution in [-0.4, -0.2) is 100 Å². The first-order chi connectivity index (χ1) is 36.7. The van der Waals surface area contributed by atoms with Gasteiger partial charge in [-0.05, 0) is 71.1 Å². The van der Waals surface area contributed by atoms with Gasteiger partial charge in [0.05, 0.1) is 32.0 Å². The van der Waals surface area contributed by atoms with E-state index in [2.05, 4.69) is 54.8 Å². The smallest absolute Gasteiger partial charge is 0.305 e. The molecule has 1 rings (SSSR count). The van der Waals surface area contributed by atoms with Crippen LogP contribution in [0, 0.1) is 0 Å². The number of amides is 1. The summed E-state index contributed by atoms with van der Waals surface area (Å²) in [7, 11) is 0. The predicted octanol–water partition coefficient (Wildman–Crippen LogP) is 14.6. The fourth-order valence-electron chi connectivity index (χ4n) is 9.55. The number of carbonyl (C=O) groups is 2. The Morgan fingerprint density at radius 1 is 0.520 bits per heavy atom. The van der Waals surface area contributed by atoms with Crippen LogP contribution < -0.4 is 5.32 Å². The van der Waals surface area contributed by atoms with E-state index in [9.17, 15) is 35.1 Å². The summed E-state index contributed by atoms with van der Waals surface area (Å²) in [6.07, 6.45) is 59.5. The van der Waals surface area contributed by atoms with Crippen molar-refractivity contribution >= 4 is 11.9 Å². The fraction of sp³-hybridized carbons (Fsp3) is 0.812. The molecule has 75 heavy (non-hydrogen) atoms. The van der Waals surface area contributed by atoms with Gasteiger partial charge in [0.2, 0.25) is 5.91 Å². The highest BCUT2D eigenvalue weighted by molar-refractivity contribution is 5.76. The lowest BCUT2D eigenvalue weighted by Gasteiger charge is -2.40. The maximum atomic E-state index is 13.0. The molecule has 7 unspecified atom stereocenters. The van der Waals surface area contributed by atoms with Gasteiger partial charge in [0.1, 0.15) is 24.4 Å². The number of carbonyl (C=O) groups excluding carboxylic acids is 2. The van der Waals surface area contributed by atoms with Gasteiger partial charge in [0.25, 0.3) is 0 Å². The van der Waals surface area contributed by atoms with Crippen molar-refractivity contribution in [2.45, 2.75) is 314 Å². The number of ether oxygens (including phenoxy) is 3. The molecule has 11 nitrogen and oxygen atoms in total. The van der Waals surface area contributed by atoms with Crippen molar-refractivity contribution in [2.24, 2.45) is 0 Å². The molecule has 0 bridgehead atoms. The van der Waals surface area contributed by atoms with Crippen molar-refractivity contribution in [3.8, 4) is 0 Å². The van der Waals surface area contributed by atoms with E-state index in [1.54, 1.807) is 6.08 Å². The van der Waals surface area contributed by atoms with E-state index in [1.807, 2.05) is 19.1 Å². The molecule has 1 fully saturated rings. The summed E-state index contributed by atoms with van der Waals surface area (Å²) in [5.41, 5.74) is 0. The third kappa shape index (κ3) is 43.0. The molecule has 1 aliphatic rings. The Balaban J connectivity index is 2.01. The minimum atomic E-state index is -1.58. The van der Waals surface area contributed by atoms with Crippen LogP contribution in [-0.2, 0) is 23.8 Å². The lowest BCUT2D eigenvalue weighted by molar-refractivity contribution is -0.302. The quantitative estimate of drug-likeness (QED) is 0.0195. The highest BCUT2D eigenvalue weighted by Crippen LogP contribution is 2.23. The summed E-state index contributed by atoms with van der Waals surface area (Å²) in [5.74, 6) is -0.251. The number of aliphatic hydroxyl groups excluding tert-OH is 5. The van der Waals surface area contributed by atoms with E-state index in [0.29, 0.717) is 19.4 Å². The van der Waals surface area contributed by atoms with E-state index in [-0.39, 0.29) is 18.5 Å². The molecule has 11 heteroatoms. The molecular formula is C64H115NO10. The average molecular weight is 1060 g/mol. The normalized spacial score (nSPS) is 19.2. The topological polar surface area (TPSA) is 175 Å². The summed E-state index contributed by atoms with van der Waals surface area (Å²) < 4.78 is 16.6. The van der Waals surface area contributed by atoms with Gasteiger partial charge in [0.15, 0.2) is 6.29 Å². The number of aliphatic hydroxyl groups is 5. The number of unbranched alkanes of at least 4 members (excludes halogenated alkanes) is 32. The third-order valence-electron chi connectivity index (χ3n) is 14.4. The van der Waals surface area contributed by atoms with Crippen molar-refractivity contribution in [3.63, 3.8) is 0 Å². The molecule has 0 spiro atoms. The van der Waals surface area contributed by atoms with E-state index in [4.69, 9.17) is 14.2 Å². The lowest BCUT2D eigenvalue weighted by Crippen LogP contribution is -2.60. The molecule has 0 aromatic carbocycles. The molecule has 1 heterocycles. The van der Waals surface area contributed by atoms with Crippen LogP contribution in [0.1, 0.15) is 271 Å². The van der Waals surface area contributed by atoms with Crippen molar-refractivity contribution < 1.29 is 49.3 Å². The Labute approximate surface area is 458 Å². The average Bonchev–Trinajstić information content (AvgIpc) is 3.41. The van der Waals surface area contributed by atoms with Crippen LogP contribution in [0.15, 0.2) is 60.8 Å². The number of esters is 1. The van der Waals surface area contributed by atoms with Crippen LogP contribution in [0.4, 0.5) is 0 Å². The standard InChI is InChI=1S/C64H115NO10/c1-3-5-7-9-11-13-14-15-16-22-26-29-32-36-40-44-48-52-60(69)73-53-49-45-41-37-33-30-27-24-21-19-17-18-20-23-25-28-31-35-39-43-47-51-59(68)65-56(57(67)50-46-42-38-34-12-10-8-6-4-2)55-74-64-63(72)62(71)61(70)58(54-66)75-64/h4,6,12,30,33-34,41,45-46,50,56-58,61-64,66-67,70-72H,3,5,7-11,13-29,31-32,35-40,42-44,47-49,51-55H2,1-2H3,(H,65,68)/b6-4+,33-30-,34-12+,45-41-,50-46+. The zero-order valence-corrected chi connectivity index (χ0v) is 48.0. The zero-order chi connectivity index (χ0) is 54.5. The molecule has 0 radical (unpaired) electrons. The Morgan fingerprint density at radius 3 is 1.47 bits per heavy atom. The summed E-state index contributed by atoms with van der Waals surface area (Å²) in [6.45, 7) is 3.98. The first-order valence-corrected chi connectivity index (χ1v) is 31.0. The van der Waals surface area contributed by atoms with Gasteiger partial charge in [0, 0.05) is 12.8 Å². The second kappa shape index (κ2) is 53.4. The van der Waals surface area contributed by atoms with Crippen LogP contribution in [0.5, 0.6) is 0 Å². The summed E-state index contributed by atoms with van der Waals surface area (Å²) in [4.78, 5) is 25.1. The monoisotopic (exact) mass is 1060 g/mol. The van der Waals surface area contributed by atoms with Gasteiger partial charge in [-0.15, -0.1) is 0 Å². The van der Waals surface area contributed by atoms with Crippen molar-refractivity contribution in [2.75, 3.05) is 19.8 Å². The number of rotatable bonds is 53. The van der Waals surface area contributed by atoms with E-state index < -0.39 is 49.5 Å². The van der Waals surface area contributed by atoms with Crippen LogP contribution in [0.2, 0.25) is 0 Å². The first-order valence-electron chi connectivity index (χ1n) is 31.0. The van der Waals surface area contributed by atoms with Gasteiger partial charge >= 0.3 is 5.97 Å². The largest absolute Gasteiger partial charge is 0.465 e. The molecule has 1 saturated heterocycles. The molecule has 0 aromatic heterocycles. The highest BCUT2D eigenvalue weighted by atomic mass is 16.7. The first kappa shape index (κ1) is 70.4. The Morgan fingerprint density at radius 2 is 0.960 bits per heavy atom. The SMILES string of the molecule is C/C=C/CC/C=C/CC/C=C/C(O)C(COC1OC(CO)C(O)C(O)C1O)NC(=O)CCCCCCCCCCCCCCCC/C=C\C/C=C\CCOC(=O)CCCCCCCCCCCCCCCCCCC. The summed E-state index contributed by atoms with van der Waals surface area (Å²) >= 11 is 0. The second-order valence-electron chi connectivity index (χ2n) is 21.4. The molecule has 0 aromatic rings.